The van der Waals surface area contributed by atoms with Crippen LogP contribution in [0.25, 0.3) is 10.9 Å². The lowest BCUT2D eigenvalue weighted by Crippen LogP contribution is -2.37. The van der Waals surface area contributed by atoms with Crippen molar-refractivity contribution in [3.8, 4) is 0 Å². The first-order valence-electron chi connectivity index (χ1n) is 10.1. The minimum atomic E-state index is -0.598. The van der Waals surface area contributed by atoms with E-state index in [-0.39, 0.29) is 12.4 Å². The lowest BCUT2D eigenvalue weighted by molar-refractivity contribution is -0.155. The summed E-state index contributed by atoms with van der Waals surface area (Å²) in [5.74, 6) is -0.162. The van der Waals surface area contributed by atoms with E-state index in [1.165, 1.54) is 22.0 Å². The lowest BCUT2D eigenvalue weighted by Gasteiger charge is -2.36. The van der Waals surface area contributed by atoms with Gasteiger partial charge >= 0.3 is 5.97 Å². The molecule has 1 aliphatic rings. The molecule has 4 heteroatoms. The topological polar surface area (TPSA) is 51.3 Å². The van der Waals surface area contributed by atoms with Gasteiger partial charge < -0.3 is 14.5 Å². The van der Waals surface area contributed by atoms with E-state index in [1.807, 2.05) is 0 Å². The van der Waals surface area contributed by atoms with E-state index >= 15 is 0 Å². The van der Waals surface area contributed by atoms with Crippen molar-refractivity contribution in [2.45, 2.75) is 71.3 Å². The molecule has 0 amide bonds. The molecule has 2 heterocycles. The van der Waals surface area contributed by atoms with Crippen LogP contribution in [0.5, 0.6) is 0 Å². The molecule has 2 aromatic rings. The molecule has 1 aromatic carbocycles. The fourth-order valence-electron chi connectivity index (χ4n) is 4.06. The molecule has 0 spiro atoms. The van der Waals surface area contributed by atoms with Gasteiger partial charge in [0.05, 0.1) is 25.3 Å². The molecular weight excluding hydrogens is 326 g/mol. The first-order valence-corrected chi connectivity index (χ1v) is 10.1. The van der Waals surface area contributed by atoms with Gasteiger partial charge in [-0.3, -0.25) is 4.79 Å². The molecule has 0 radical (unpaired) electrons. The summed E-state index contributed by atoms with van der Waals surface area (Å²) in [6.45, 7) is 7.56. The Balaban J connectivity index is 1.89. The third kappa shape index (κ3) is 3.52. The molecule has 3 rings (SSSR count). The van der Waals surface area contributed by atoms with Gasteiger partial charge in [0.1, 0.15) is 5.60 Å². The van der Waals surface area contributed by atoms with Crippen LogP contribution in [0.2, 0.25) is 0 Å². The zero-order valence-electron chi connectivity index (χ0n) is 16.3. The van der Waals surface area contributed by atoms with E-state index < -0.39 is 5.60 Å². The second-order valence-electron chi connectivity index (χ2n) is 7.22. The summed E-state index contributed by atoms with van der Waals surface area (Å²) >= 11 is 0. The van der Waals surface area contributed by atoms with Crippen molar-refractivity contribution in [3.05, 3.63) is 35.0 Å². The summed E-state index contributed by atoms with van der Waals surface area (Å²) in [6, 6.07) is 6.47. The number of ether oxygens (including phenoxy) is 2. The molecule has 142 valence electrons. The first-order chi connectivity index (χ1) is 12.6. The Bertz CT molecular complexity index is 764. The number of para-hydroxylation sites is 1. The number of hydrogen-bond donors (Lipinski definition) is 1. The first kappa shape index (κ1) is 19.0. The van der Waals surface area contributed by atoms with Crippen LogP contribution in [0.1, 0.15) is 69.7 Å². The van der Waals surface area contributed by atoms with Crippen LogP contribution in [0.3, 0.4) is 0 Å². The van der Waals surface area contributed by atoms with Gasteiger partial charge in [-0.2, -0.15) is 0 Å². The van der Waals surface area contributed by atoms with Crippen LogP contribution in [-0.2, 0) is 32.7 Å². The van der Waals surface area contributed by atoms with Gasteiger partial charge in [0.25, 0.3) is 0 Å². The second-order valence-corrected chi connectivity index (χ2v) is 7.22. The number of carbonyl (C=O) groups is 1. The van der Waals surface area contributed by atoms with Gasteiger partial charge in [-0.05, 0) is 36.8 Å². The third-order valence-electron chi connectivity index (χ3n) is 5.61. The minimum Gasteiger partial charge on any atom is -0.466 e. The number of carbonyl (C=O) groups excluding carboxylic acids is 1. The zero-order chi connectivity index (χ0) is 18.6. The molecule has 1 aliphatic heterocycles. The maximum absolute atomic E-state index is 12.5. The van der Waals surface area contributed by atoms with E-state index in [4.69, 9.17) is 9.47 Å². The van der Waals surface area contributed by atoms with Crippen molar-refractivity contribution in [2.24, 2.45) is 0 Å². The number of aromatic amines is 1. The van der Waals surface area contributed by atoms with E-state index in [2.05, 4.69) is 44.0 Å². The van der Waals surface area contributed by atoms with Crippen molar-refractivity contribution >= 4 is 16.9 Å². The molecule has 0 aliphatic carbocycles. The molecule has 1 unspecified atom stereocenters. The molecule has 0 saturated heterocycles. The van der Waals surface area contributed by atoms with Gasteiger partial charge in [-0.15, -0.1) is 0 Å². The zero-order valence-corrected chi connectivity index (χ0v) is 16.3. The van der Waals surface area contributed by atoms with Gasteiger partial charge in [0, 0.05) is 10.9 Å². The smallest absolute Gasteiger partial charge is 0.309 e. The van der Waals surface area contributed by atoms with Crippen LogP contribution in [-0.4, -0.2) is 24.2 Å². The van der Waals surface area contributed by atoms with Gasteiger partial charge in [-0.25, -0.2) is 0 Å². The number of nitrogens with one attached hydrogen (secondary N) is 1. The number of fused-ring (bicyclic) bond motifs is 3. The van der Waals surface area contributed by atoms with E-state index in [0.29, 0.717) is 13.2 Å². The highest BCUT2D eigenvalue weighted by Gasteiger charge is 2.41. The SMILES string of the molecule is CCCCCOC(=O)CC1(CC)OCCc2c1[nH]c1c(CC)cccc21. The van der Waals surface area contributed by atoms with Crippen molar-refractivity contribution in [1.29, 1.82) is 0 Å². The monoisotopic (exact) mass is 357 g/mol. The number of unbranched alkanes of at least 4 members (excludes halogenated alkanes) is 2. The Labute approximate surface area is 156 Å². The molecule has 1 aromatic heterocycles. The van der Waals surface area contributed by atoms with Crippen LogP contribution in [0.4, 0.5) is 0 Å². The van der Waals surface area contributed by atoms with Crippen molar-refractivity contribution < 1.29 is 14.3 Å². The number of aryl methyl sites for hydroxylation is 1. The van der Waals surface area contributed by atoms with Crippen LogP contribution >= 0.6 is 0 Å². The molecule has 4 nitrogen and oxygen atoms in total. The van der Waals surface area contributed by atoms with Crippen molar-refractivity contribution in [2.75, 3.05) is 13.2 Å². The van der Waals surface area contributed by atoms with E-state index in [9.17, 15) is 4.79 Å². The van der Waals surface area contributed by atoms with Crippen LogP contribution < -0.4 is 0 Å². The number of H-pyrrole nitrogens is 1. The molecule has 0 bridgehead atoms. The molecule has 1 atom stereocenters. The number of rotatable bonds is 8. The van der Waals surface area contributed by atoms with Gasteiger partial charge in [0.15, 0.2) is 0 Å². The summed E-state index contributed by atoms with van der Waals surface area (Å²) in [7, 11) is 0. The quantitative estimate of drug-likeness (QED) is 0.532. The van der Waals surface area contributed by atoms with E-state index in [1.54, 1.807) is 0 Å². The number of esters is 1. The Hall–Kier alpha value is -1.81. The van der Waals surface area contributed by atoms with Gasteiger partial charge in [0.2, 0.25) is 0 Å². The highest BCUT2D eigenvalue weighted by Crippen LogP contribution is 2.42. The Morgan fingerprint density at radius 1 is 1.27 bits per heavy atom. The predicted octanol–water partition coefficient (Wildman–Crippen LogP) is 5.03. The standard InChI is InChI=1S/C22H31NO3/c1-4-7-8-13-25-19(24)15-22(6-3)21-18(12-14-26-22)17-11-9-10-16(5-2)20(17)23-21/h9-11,23H,4-8,12-15H2,1-3H3. The molecular formula is C22H31NO3. The fourth-order valence-corrected chi connectivity index (χ4v) is 4.06. The summed E-state index contributed by atoms with van der Waals surface area (Å²) in [5.41, 5.74) is 4.29. The summed E-state index contributed by atoms with van der Waals surface area (Å²) < 4.78 is 11.7. The number of hydrogen-bond acceptors (Lipinski definition) is 3. The molecule has 0 fully saturated rings. The number of benzene rings is 1. The predicted molar refractivity (Wildman–Crippen MR) is 104 cm³/mol. The maximum Gasteiger partial charge on any atom is 0.309 e. The largest absolute Gasteiger partial charge is 0.466 e. The summed E-state index contributed by atoms with van der Waals surface area (Å²) in [6.07, 6.45) is 6.04. The summed E-state index contributed by atoms with van der Waals surface area (Å²) in [4.78, 5) is 16.1. The number of aromatic nitrogens is 1. The lowest BCUT2D eigenvalue weighted by atomic mass is 9.86. The third-order valence-corrected chi connectivity index (χ3v) is 5.61. The Morgan fingerprint density at radius 2 is 2.12 bits per heavy atom. The second kappa shape index (κ2) is 8.26. The van der Waals surface area contributed by atoms with E-state index in [0.717, 1.165) is 44.2 Å². The van der Waals surface area contributed by atoms with Crippen molar-refractivity contribution in [3.63, 3.8) is 0 Å². The van der Waals surface area contributed by atoms with Gasteiger partial charge in [-0.1, -0.05) is 51.8 Å². The molecule has 1 N–H and O–H groups in total. The molecule has 0 saturated carbocycles. The fraction of sp³-hybridized carbons (Fsp3) is 0.591. The average Bonchev–Trinajstić information content (AvgIpc) is 3.05. The Kier molecular flexibility index (Phi) is 6.02. The normalized spacial score (nSPS) is 19.5. The minimum absolute atomic E-state index is 0.162. The average molecular weight is 357 g/mol. The highest BCUT2D eigenvalue weighted by molar-refractivity contribution is 5.88. The highest BCUT2D eigenvalue weighted by atomic mass is 16.5. The Morgan fingerprint density at radius 3 is 2.85 bits per heavy atom. The van der Waals surface area contributed by atoms with Crippen LogP contribution in [0, 0.1) is 0 Å². The molecule has 26 heavy (non-hydrogen) atoms. The maximum atomic E-state index is 12.5. The van der Waals surface area contributed by atoms with Crippen LogP contribution in [0.15, 0.2) is 18.2 Å². The summed E-state index contributed by atoms with van der Waals surface area (Å²) in [5, 5.41) is 1.27. The van der Waals surface area contributed by atoms with Crippen molar-refractivity contribution in [1.82, 2.24) is 4.98 Å².